The smallest absolute Gasteiger partial charge is 0.115 e. The Bertz CT molecular complexity index is 575. The molecule has 84 valence electrons. The van der Waals surface area contributed by atoms with Crippen LogP contribution < -0.4 is 0 Å². The quantitative estimate of drug-likeness (QED) is 0.886. The van der Waals surface area contributed by atoms with Gasteiger partial charge in [0.2, 0.25) is 0 Å². The van der Waals surface area contributed by atoms with Crippen molar-refractivity contribution in [3.8, 4) is 11.8 Å². The van der Waals surface area contributed by atoms with Crippen molar-refractivity contribution < 1.29 is 5.11 Å². The minimum Gasteiger partial charge on any atom is -0.508 e. The first-order valence-electron chi connectivity index (χ1n) is 4.85. The summed E-state index contributed by atoms with van der Waals surface area (Å²) in [7, 11) is 0. The van der Waals surface area contributed by atoms with E-state index in [9.17, 15) is 0 Å². The first-order chi connectivity index (χ1) is 8.19. The first kappa shape index (κ1) is 11.8. The summed E-state index contributed by atoms with van der Waals surface area (Å²) in [5.41, 5.74) is 0.474. The topological polar surface area (TPSA) is 44.0 Å². The zero-order valence-corrected chi connectivity index (χ0v) is 10.3. The van der Waals surface area contributed by atoms with Crippen LogP contribution in [0.4, 0.5) is 0 Å². The van der Waals surface area contributed by atoms with Gasteiger partial charge in [0.15, 0.2) is 0 Å². The molecule has 0 aliphatic rings. The first-order valence-corrected chi connectivity index (χ1v) is 6.05. The highest BCUT2D eigenvalue weighted by molar-refractivity contribution is 7.99. The van der Waals surface area contributed by atoms with Crippen molar-refractivity contribution in [3.63, 3.8) is 0 Å². The Morgan fingerprint density at radius 1 is 1.06 bits per heavy atom. The van der Waals surface area contributed by atoms with Crippen molar-refractivity contribution in [2.24, 2.45) is 0 Å². The molecule has 0 unspecified atom stereocenters. The summed E-state index contributed by atoms with van der Waals surface area (Å²) in [4.78, 5) is 1.96. The summed E-state index contributed by atoms with van der Waals surface area (Å²) < 4.78 is 0. The molecule has 2 nitrogen and oxygen atoms in total. The third-order valence-corrected chi connectivity index (χ3v) is 3.44. The second-order valence-electron chi connectivity index (χ2n) is 3.35. The molecule has 0 saturated carbocycles. The fraction of sp³-hybridized carbons (Fsp3) is 0. The zero-order valence-electron chi connectivity index (χ0n) is 8.72. The van der Waals surface area contributed by atoms with Gasteiger partial charge in [-0.3, -0.25) is 0 Å². The number of benzene rings is 2. The third kappa shape index (κ3) is 2.94. The van der Waals surface area contributed by atoms with E-state index in [0.717, 1.165) is 9.79 Å². The molecule has 2 rings (SSSR count). The number of hydrogen-bond donors (Lipinski definition) is 1. The molecule has 0 atom stereocenters. The number of aromatic hydroxyl groups is 1. The number of phenolic OH excluding ortho intramolecular Hbond substituents is 1. The van der Waals surface area contributed by atoms with E-state index in [2.05, 4.69) is 0 Å². The van der Waals surface area contributed by atoms with Crippen LogP contribution in [0.2, 0.25) is 5.02 Å². The monoisotopic (exact) mass is 261 g/mol. The minimum absolute atomic E-state index is 0.243. The van der Waals surface area contributed by atoms with Crippen molar-refractivity contribution in [2.45, 2.75) is 9.79 Å². The molecular formula is C13H8ClNOS. The van der Waals surface area contributed by atoms with E-state index in [1.54, 1.807) is 24.3 Å². The summed E-state index contributed by atoms with van der Waals surface area (Å²) in [6.07, 6.45) is 0. The molecule has 0 bridgehead atoms. The van der Waals surface area contributed by atoms with Crippen molar-refractivity contribution in [2.75, 3.05) is 0 Å². The van der Waals surface area contributed by atoms with E-state index in [1.807, 2.05) is 24.3 Å². The fourth-order valence-electron chi connectivity index (χ4n) is 1.30. The van der Waals surface area contributed by atoms with Crippen LogP contribution in [-0.2, 0) is 0 Å². The molecule has 0 aliphatic carbocycles. The van der Waals surface area contributed by atoms with Gasteiger partial charge in [0.05, 0.1) is 10.6 Å². The maximum atomic E-state index is 9.17. The number of phenols is 1. The number of hydrogen-bond acceptors (Lipinski definition) is 3. The van der Waals surface area contributed by atoms with Gasteiger partial charge in [-0.15, -0.1) is 0 Å². The highest BCUT2D eigenvalue weighted by atomic mass is 35.5. The molecule has 0 aromatic heterocycles. The Morgan fingerprint density at radius 2 is 1.71 bits per heavy atom. The molecule has 0 heterocycles. The molecule has 0 spiro atoms. The lowest BCUT2D eigenvalue weighted by molar-refractivity contribution is 0.475. The lowest BCUT2D eigenvalue weighted by atomic mass is 10.2. The molecule has 1 N–H and O–H groups in total. The lowest BCUT2D eigenvalue weighted by Gasteiger charge is -2.03. The summed E-state index contributed by atoms with van der Waals surface area (Å²) >= 11 is 7.47. The highest BCUT2D eigenvalue weighted by Crippen LogP contribution is 2.31. The molecule has 0 radical (unpaired) electrons. The van der Waals surface area contributed by atoms with Gasteiger partial charge in [0, 0.05) is 9.79 Å². The molecule has 2 aromatic rings. The molecular weight excluding hydrogens is 254 g/mol. The molecule has 0 amide bonds. The zero-order chi connectivity index (χ0) is 12.3. The van der Waals surface area contributed by atoms with Crippen molar-refractivity contribution >= 4 is 23.4 Å². The van der Waals surface area contributed by atoms with Crippen molar-refractivity contribution in [1.82, 2.24) is 0 Å². The molecule has 0 aliphatic heterocycles. The van der Waals surface area contributed by atoms with Gasteiger partial charge in [-0.2, -0.15) is 5.26 Å². The summed E-state index contributed by atoms with van der Waals surface area (Å²) in [6.45, 7) is 0. The second-order valence-corrected chi connectivity index (χ2v) is 4.90. The third-order valence-electron chi connectivity index (χ3n) is 2.13. The van der Waals surface area contributed by atoms with E-state index < -0.39 is 0 Å². The largest absolute Gasteiger partial charge is 0.508 e. The highest BCUT2D eigenvalue weighted by Gasteiger charge is 2.02. The van der Waals surface area contributed by atoms with Crippen LogP contribution in [0.15, 0.2) is 52.3 Å². The van der Waals surface area contributed by atoms with Crippen LogP contribution in [0, 0.1) is 11.3 Å². The van der Waals surface area contributed by atoms with Gasteiger partial charge in [0.25, 0.3) is 0 Å². The van der Waals surface area contributed by atoms with Crippen LogP contribution >= 0.6 is 23.4 Å². The summed E-state index contributed by atoms with van der Waals surface area (Å²) in [6, 6.07) is 14.2. The number of rotatable bonds is 2. The predicted molar refractivity (Wildman–Crippen MR) is 68.4 cm³/mol. The van der Waals surface area contributed by atoms with Gasteiger partial charge in [0.1, 0.15) is 11.8 Å². The Morgan fingerprint density at radius 3 is 2.29 bits per heavy atom. The predicted octanol–water partition coefficient (Wildman–Crippen LogP) is 4.07. The molecule has 17 heavy (non-hydrogen) atoms. The van der Waals surface area contributed by atoms with E-state index in [0.29, 0.717) is 10.6 Å². The van der Waals surface area contributed by atoms with Crippen LogP contribution in [0.5, 0.6) is 5.75 Å². The van der Waals surface area contributed by atoms with E-state index in [4.69, 9.17) is 22.0 Å². The lowest BCUT2D eigenvalue weighted by Crippen LogP contribution is -1.78. The summed E-state index contributed by atoms with van der Waals surface area (Å²) in [5.74, 6) is 0.243. The normalized spacial score (nSPS) is 9.88. The summed E-state index contributed by atoms with van der Waals surface area (Å²) in [5, 5.41) is 18.4. The maximum absolute atomic E-state index is 9.17. The van der Waals surface area contributed by atoms with E-state index in [1.165, 1.54) is 11.8 Å². The number of nitrogens with zero attached hydrogens (tertiary/aromatic N) is 1. The molecule has 0 saturated heterocycles. The van der Waals surface area contributed by atoms with Gasteiger partial charge in [-0.25, -0.2) is 0 Å². The fourth-order valence-corrected chi connectivity index (χ4v) is 2.44. The van der Waals surface area contributed by atoms with Crippen molar-refractivity contribution in [1.29, 1.82) is 5.26 Å². The van der Waals surface area contributed by atoms with Gasteiger partial charge in [-0.05, 0) is 42.5 Å². The SMILES string of the molecule is N#Cc1ccc(Sc2ccc(O)cc2)cc1Cl. The molecule has 4 heteroatoms. The van der Waals surface area contributed by atoms with E-state index >= 15 is 0 Å². The van der Waals surface area contributed by atoms with Gasteiger partial charge in [-0.1, -0.05) is 23.4 Å². The second kappa shape index (κ2) is 5.13. The van der Waals surface area contributed by atoms with Gasteiger partial charge < -0.3 is 5.11 Å². The average Bonchev–Trinajstić information content (AvgIpc) is 2.32. The van der Waals surface area contributed by atoms with E-state index in [-0.39, 0.29) is 5.75 Å². The number of halogens is 1. The average molecular weight is 262 g/mol. The van der Waals surface area contributed by atoms with Crippen LogP contribution in [0.25, 0.3) is 0 Å². The standard InChI is InChI=1S/C13H8ClNOS/c14-13-7-12(4-1-9(13)8-15)17-11-5-2-10(16)3-6-11/h1-7,16H. The number of nitriles is 1. The maximum Gasteiger partial charge on any atom is 0.115 e. The Kier molecular flexibility index (Phi) is 3.58. The Hall–Kier alpha value is -1.63. The van der Waals surface area contributed by atoms with Crippen LogP contribution in [-0.4, -0.2) is 5.11 Å². The van der Waals surface area contributed by atoms with Crippen molar-refractivity contribution in [3.05, 3.63) is 53.1 Å². The van der Waals surface area contributed by atoms with Gasteiger partial charge >= 0.3 is 0 Å². The molecule has 0 fully saturated rings. The van der Waals surface area contributed by atoms with Crippen LogP contribution in [0.1, 0.15) is 5.56 Å². The molecule has 2 aromatic carbocycles. The minimum atomic E-state index is 0.243. The van der Waals surface area contributed by atoms with Crippen LogP contribution in [0.3, 0.4) is 0 Å². The Balaban J connectivity index is 2.22. The Labute approximate surface area is 108 Å².